The van der Waals surface area contributed by atoms with Crippen molar-refractivity contribution in [1.82, 2.24) is 5.32 Å². The van der Waals surface area contributed by atoms with Crippen molar-refractivity contribution in [1.29, 1.82) is 0 Å². The molecule has 1 aliphatic carbocycles. The summed E-state index contributed by atoms with van der Waals surface area (Å²) in [5.41, 5.74) is 0. The average molecular weight is 143 g/mol. The van der Waals surface area contributed by atoms with E-state index in [-0.39, 0.29) is 6.10 Å². The summed E-state index contributed by atoms with van der Waals surface area (Å²) in [6, 6.07) is 0.595. The zero-order valence-corrected chi connectivity index (χ0v) is 6.80. The smallest absolute Gasteiger partial charge is 0.0570 e. The summed E-state index contributed by atoms with van der Waals surface area (Å²) in [7, 11) is 0. The molecule has 0 aromatic rings. The molecule has 0 heterocycles. The third-order valence-corrected chi connectivity index (χ3v) is 1.93. The number of hydrogen-bond donors (Lipinski definition) is 2. The van der Waals surface area contributed by atoms with E-state index in [0.717, 1.165) is 25.3 Å². The van der Waals surface area contributed by atoms with Gasteiger partial charge in [-0.15, -0.1) is 0 Å². The van der Waals surface area contributed by atoms with Crippen molar-refractivity contribution in [2.45, 2.75) is 38.8 Å². The fourth-order valence-electron chi connectivity index (χ4n) is 1.16. The van der Waals surface area contributed by atoms with Crippen LogP contribution in [-0.2, 0) is 0 Å². The molecule has 0 aliphatic heterocycles. The second-order valence-corrected chi connectivity index (χ2v) is 3.62. The predicted molar refractivity (Wildman–Crippen MR) is 41.9 cm³/mol. The van der Waals surface area contributed by atoms with E-state index in [4.69, 9.17) is 5.11 Å². The molecule has 10 heavy (non-hydrogen) atoms. The van der Waals surface area contributed by atoms with Gasteiger partial charge in [-0.1, -0.05) is 13.8 Å². The maximum atomic E-state index is 8.94. The topological polar surface area (TPSA) is 32.3 Å². The van der Waals surface area contributed by atoms with E-state index in [9.17, 15) is 0 Å². The average Bonchev–Trinajstić information content (AvgIpc) is 1.77. The summed E-state index contributed by atoms with van der Waals surface area (Å²) in [5.74, 6) is 0.720. The van der Waals surface area contributed by atoms with Gasteiger partial charge in [0.15, 0.2) is 0 Å². The van der Waals surface area contributed by atoms with Crippen LogP contribution in [0, 0.1) is 5.92 Å². The maximum Gasteiger partial charge on any atom is 0.0570 e. The Hall–Kier alpha value is -0.0800. The molecule has 2 nitrogen and oxygen atoms in total. The molecule has 0 unspecified atom stereocenters. The largest absolute Gasteiger partial charge is 0.393 e. The zero-order chi connectivity index (χ0) is 7.56. The lowest BCUT2D eigenvalue weighted by Crippen LogP contribution is -2.45. The van der Waals surface area contributed by atoms with Crippen LogP contribution in [0.15, 0.2) is 0 Å². The van der Waals surface area contributed by atoms with Gasteiger partial charge < -0.3 is 10.4 Å². The normalized spacial score (nSPS) is 32.4. The van der Waals surface area contributed by atoms with Gasteiger partial charge in [0.2, 0.25) is 0 Å². The molecule has 1 rings (SSSR count). The van der Waals surface area contributed by atoms with Crippen LogP contribution >= 0.6 is 0 Å². The first-order valence-corrected chi connectivity index (χ1v) is 4.10. The number of rotatable bonds is 3. The molecule has 0 radical (unpaired) electrons. The van der Waals surface area contributed by atoms with Gasteiger partial charge in [-0.05, 0) is 25.3 Å². The molecule has 60 valence electrons. The van der Waals surface area contributed by atoms with Gasteiger partial charge in [-0.25, -0.2) is 0 Å². The Balaban J connectivity index is 1.95. The predicted octanol–water partition coefficient (Wildman–Crippen LogP) is 0.755. The van der Waals surface area contributed by atoms with Crippen LogP contribution in [0.3, 0.4) is 0 Å². The monoisotopic (exact) mass is 143 g/mol. The molecule has 1 aliphatic rings. The number of aliphatic hydroxyl groups excluding tert-OH is 1. The van der Waals surface area contributed by atoms with Gasteiger partial charge in [0.1, 0.15) is 0 Å². The fraction of sp³-hybridized carbons (Fsp3) is 1.00. The van der Waals surface area contributed by atoms with E-state index in [1.807, 2.05) is 0 Å². The first kappa shape index (κ1) is 8.02. The number of nitrogens with one attached hydrogen (secondary N) is 1. The summed E-state index contributed by atoms with van der Waals surface area (Å²) in [5, 5.41) is 12.3. The Morgan fingerprint density at radius 2 is 2.10 bits per heavy atom. The van der Waals surface area contributed by atoms with E-state index in [1.165, 1.54) is 0 Å². The standard InChI is InChI=1S/C8H17NO/c1-6(2)5-9-7-3-8(10)4-7/h6-10H,3-5H2,1-2H3/t7-,8+. The highest BCUT2D eigenvalue weighted by Gasteiger charge is 2.26. The van der Waals surface area contributed by atoms with Gasteiger partial charge in [0.05, 0.1) is 6.10 Å². The van der Waals surface area contributed by atoms with Gasteiger partial charge >= 0.3 is 0 Å². The second-order valence-electron chi connectivity index (χ2n) is 3.62. The first-order valence-electron chi connectivity index (χ1n) is 4.10. The SMILES string of the molecule is CC(C)CN[C@H]1C[C@@H](O)C1. The van der Waals surface area contributed by atoms with E-state index >= 15 is 0 Å². The van der Waals surface area contributed by atoms with Crippen LogP contribution in [0.4, 0.5) is 0 Å². The molecule has 0 aromatic heterocycles. The second kappa shape index (κ2) is 3.35. The van der Waals surface area contributed by atoms with Gasteiger partial charge in [-0.3, -0.25) is 0 Å². The van der Waals surface area contributed by atoms with Crippen LogP contribution in [0.25, 0.3) is 0 Å². The van der Waals surface area contributed by atoms with Crippen LogP contribution in [0.2, 0.25) is 0 Å². The molecular weight excluding hydrogens is 126 g/mol. The minimum absolute atomic E-state index is 0.0235. The van der Waals surface area contributed by atoms with Crippen LogP contribution in [0.5, 0.6) is 0 Å². The first-order chi connectivity index (χ1) is 4.68. The minimum atomic E-state index is -0.0235. The van der Waals surface area contributed by atoms with E-state index in [0.29, 0.717) is 6.04 Å². The molecule has 2 N–H and O–H groups in total. The summed E-state index contributed by atoms with van der Waals surface area (Å²) >= 11 is 0. The highest BCUT2D eigenvalue weighted by Crippen LogP contribution is 2.19. The van der Waals surface area contributed by atoms with Crippen molar-refractivity contribution in [2.24, 2.45) is 5.92 Å². The summed E-state index contributed by atoms with van der Waals surface area (Å²) < 4.78 is 0. The van der Waals surface area contributed by atoms with Crippen molar-refractivity contribution in [3.63, 3.8) is 0 Å². The molecule has 0 aromatic carbocycles. The van der Waals surface area contributed by atoms with Crippen molar-refractivity contribution < 1.29 is 5.11 Å². The highest BCUT2D eigenvalue weighted by atomic mass is 16.3. The summed E-state index contributed by atoms with van der Waals surface area (Å²) in [6.45, 7) is 5.47. The quantitative estimate of drug-likeness (QED) is 0.611. The molecule has 2 heteroatoms. The van der Waals surface area contributed by atoms with Crippen LogP contribution < -0.4 is 5.32 Å². The molecule has 0 atom stereocenters. The number of hydrogen-bond acceptors (Lipinski definition) is 2. The Labute approximate surface area is 62.6 Å². The molecule has 0 amide bonds. The lowest BCUT2D eigenvalue weighted by molar-refractivity contribution is 0.0615. The van der Waals surface area contributed by atoms with Crippen LogP contribution in [0.1, 0.15) is 26.7 Å². The van der Waals surface area contributed by atoms with Crippen molar-refractivity contribution in [2.75, 3.05) is 6.54 Å². The van der Waals surface area contributed by atoms with E-state index in [1.54, 1.807) is 0 Å². The van der Waals surface area contributed by atoms with Crippen molar-refractivity contribution in [3.8, 4) is 0 Å². The van der Waals surface area contributed by atoms with Gasteiger partial charge in [0.25, 0.3) is 0 Å². The Morgan fingerprint density at radius 1 is 1.50 bits per heavy atom. The molecule has 1 fully saturated rings. The molecule has 0 saturated heterocycles. The maximum absolute atomic E-state index is 8.94. The Bertz CT molecular complexity index is 97.4. The fourth-order valence-corrected chi connectivity index (χ4v) is 1.16. The van der Waals surface area contributed by atoms with Gasteiger partial charge in [-0.2, -0.15) is 0 Å². The molecule has 1 saturated carbocycles. The minimum Gasteiger partial charge on any atom is -0.393 e. The Kier molecular flexibility index (Phi) is 2.69. The third kappa shape index (κ3) is 2.27. The van der Waals surface area contributed by atoms with Crippen molar-refractivity contribution >= 4 is 0 Å². The lowest BCUT2D eigenvalue weighted by atomic mass is 9.89. The molecule has 0 spiro atoms. The highest BCUT2D eigenvalue weighted by molar-refractivity contribution is 4.84. The van der Waals surface area contributed by atoms with E-state index < -0.39 is 0 Å². The summed E-state index contributed by atoms with van der Waals surface area (Å²) in [6.07, 6.45) is 1.88. The van der Waals surface area contributed by atoms with Crippen LogP contribution in [-0.4, -0.2) is 23.8 Å². The molecule has 0 bridgehead atoms. The zero-order valence-electron chi connectivity index (χ0n) is 6.80. The van der Waals surface area contributed by atoms with Gasteiger partial charge in [0, 0.05) is 6.04 Å². The van der Waals surface area contributed by atoms with Crippen molar-refractivity contribution in [3.05, 3.63) is 0 Å². The lowest BCUT2D eigenvalue weighted by Gasteiger charge is -2.32. The Morgan fingerprint density at radius 3 is 2.50 bits per heavy atom. The van der Waals surface area contributed by atoms with E-state index in [2.05, 4.69) is 19.2 Å². The third-order valence-electron chi connectivity index (χ3n) is 1.93. The summed E-state index contributed by atoms with van der Waals surface area (Å²) in [4.78, 5) is 0. The number of aliphatic hydroxyl groups is 1. The molecular formula is C8H17NO.